The topological polar surface area (TPSA) is 29.1 Å². The van der Waals surface area contributed by atoms with E-state index < -0.39 is 5.82 Å². The Morgan fingerprint density at radius 3 is 2.83 bits per heavy atom. The summed E-state index contributed by atoms with van der Waals surface area (Å²) in [5, 5.41) is 2.89. The molecule has 98 valence electrons. The smallest absolute Gasteiger partial charge is 0.251 e. The Morgan fingerprint density at radius 2 is 2.06 bits per heavy atom. The molecule has 18 heavy (non-hydrogen) atoms. The molecule has 0 spiro atoms. The second kappa shape index (κ2) is 6.19. The predicted octanol–water partition coefficient (Wildman–Crippen LogP) is 3.50. The number of alkyl halides is 1. The van der Waals surface area contributed by atoms with Crippen LogP contribution in [0.2, 0.25) is 0 Å². The van der Waals surface area contributed by atoms with Gasteiger partial charge in [-0.2, -0.15) is 0 Å². The van der Waals surface area contributed by atoms with E-state index in [2.05, 4.69) is 5.32 Å². The quantitative estimate of drug-likeness (QED) is 0.646. The highest BCUT2D eigenvalue weighted by Crippen LogP contribution is 2.22. The van der Waals surface area contributed by atoms with Crippen molar-refractivity contribution in [3.05, 3.63) is 35.6 Å². The number of nitrogens with one attached hydrogen (secondary N) is 1. The number of halogens is 2. The molecule has 2 unspecified atom stereocenters. The maximum Gasteiger partial charge on any atom is 0.251 e. The van der Waals surface area contributed by atoms with Gasteiger partial charge in [0.15, 0.2) is 0 Å². The first-order valence-electron chi connectivity index (χ1n) is 6.37. The lowest BCUT2D eigenvalue weighted by molar-refractivity contribution is 0.0933. The minimum Gasteiger partial charge on any atom is -0.348 e. The number of amides is 1. The molecule has 0 bridgehead atoms. The Hall–Kier alpha value is -1.09. The third-order valence-corrected chi connectivity index (χ3v) is 3.86. The van der Waals surface area contributed by atoms with Gasteiger partial charge in [0.25, 0.3) is 5.91 Å². The minimum absolute atomic E-state index is 0.00932. The van der Waals surface area contributed by atoms with Gasteiger partial charge in [-0.1, -0.05) is 25.3 Å². The van der Waals surface area contributed by atoms with Crippen LogP contribution in [-0.4, -0.2) is 17.3 Å². The van der Waals surface area contributed by atoms with Crippen LogP contribution in [0.1, 0.15) is 42.5 Å². The van der Waals surface area contributed by atoms with Crippen LogP contribution in [0.3, 0.4) is 0 Å². The second-order valence-electron chi connectivity index (χ2n) is 4.74. The highest BCUT2D eigenvalue weighted by molar-refractivity contribution is 6.21. The molecule has 1 aromatic rings. The molecule has 2 nitrogen and oxygen atoms in total. The minimum atomic E-state index is -0.397. The standard InChI is InChI=1S/C14H17ClFNO/c15-12-7-2-1-3-8-13(12)17-14(18)10-5-4-6-11(16)9-10/h4-6,9,12-13H,1-3,7-8H2,(H,17,18). The van der Waals surface area contributed by atoms with E-state index in [1.165, 1.54) is 18.2 Å². The van der Waals surface area contributed by atoms with E-state index >= 15 is 0 Å². The molecule has 1 aromatic carbocycles. The van der Waals surface area contributed by atoms with Gasteiger partial charge in [-0.3, -0.25) is 4.79 Å². The third-order valence-electron chi connectivity index (χ3n) is 3.33. The second-order valence-corrected chi connectivity index (χ2v) is 5.30. The molecule has 4 heteroatoms. The van der Waals surface area contributed by atoms with Crippen molar-refractivity contribution < 1.29 is 9.18 Å². The van der Waals surface area contributed by atoms with E-state index in [1.54, 1.807) is 6.07 Å². The third kappa shape index (κ3) is 3.45. The summed E-state index contributed by atoms with van der Waals surface area (Å²) in [5.41, 5.74) is 0.350. The van der Waals surface area contributed by atoms with E-state index in [0.717, 1.165) is 32.1 Å². The molecule has 2 atom stereocenters. The molecule has 1 aliphatic rings. The molecular weight excluding hydrogens is 253 g/mol. The number of hydrogen-bond donors (Lipinski definition) is 1. The number of carbonyl (C=O) groups is 1. The Morgan fingerprint density at radius 1 is 1.28 bits per heavy atom. The van der Waals surface area contributed by atoms with Crippen molar-refractivity contribution in [3.63, 3.8) is 0 Å². The Labute approximate surface area is 112 Å². The molecule has 1 saturated carbocycles. The van der Waals surface area contributed by atoms with Crippen molar-refractivity contribution in [2.45, 2.75) is 43.5 Å². The van der Waals surface area contributed by atoms with E-state index in [1.807, 2.05) is 0 Å². The molecule has 0 heterocycles. The van der Waals surface area contributed by atoms with Crippen LogP contribution in [0.5, 0.6) is 0 Å². The van der Waals surface area contributed by atoms with Gasteiger partial charge in [0.1, 0.15) is 5.82 Å². The summed E-state index contributed by atoms with van der Waals surface area (Å²) in [7, 11) is 0. The van der Waals surface area contributed by atoms with Crippen LogP contribution in [0.25, 0.3) is 0 Å². The molecule has 1 N–H and O–H groups in total. The first kappa shape index (κ1) is 13.3. The average Bonchev–Trinajstić information content (AvgIpc) is 2.55. The number of benzene rings is 1. The van der Waals surface area contributed by atoms with Crippen molar-refractivity contribution in [3.8, 4) is 0 Å². The van der Waals surface area contributed by atoms with Crippen LogP contribution in [0.15, 0.2) is 24.3 Å². The van der Waals surface area contributed by atoms with Crippen LogP contribution in [0.4, 0.5) is 4.39 Å². The molecule has 0 aliphatic heterocycles. The summed E-state index contributed by atoms with van der Waals surface area (Å²) in [4.78, 5) is 12.0. The molecule has 2 rings (SSSR count). The van der Waals surface area contributed by atoms with Crippen molar-refractivity contribution >= 4 is 17.5 Å². The maximum absolute atomic E-state index is 13.0. The highest BCUT2D eigenvalue weighted by atomic mass is 35.5. The van der Waals surface area contributed by atoms with E-state index in [-0.39, 0.29) is 17.3 Å². The Bertz CT molecular complexity index is 424. The fourth-order valence-corrected chi connectivity index (χ4v) is 2.65. The Kier molecular flexibility index (Phi) is 4.59. The van der Waals surface area contributed by atoms with Crippen LogP contribution >= 0.6 is 11.6 Å². The van der Waals surface area contributed by atoms with Crippen LogP contribution in [0, 0.1) is 5.82 Å². The largest absolute Gasteiger partial charge is 0.348 e. The Balaban J connectivity index is 2.01. The zero-order chi connectivity index (χ0) is 13.0. The molecule has 1 aliphatic carbocycles. The van der Waals surface area contributed by atoms with Gasteiger partial charge in [0.05, 0.1) is 5.38 Å². The summed E-state index contributed by atoms with van der Waals surface area (Å²) < 4.78 is 13.0. The fraction of sp³-hybridized carbons (Fsp3) is 0.500. The number of hydrogen-bond acceptors (Lipinski definition) is 1. The van der Waals surface area contributed by atoms with Crippen molar-refractivity contribution in [2.24, 2.45) is 0 Å². The first-order valence-corrected chi connectivity index (χ1v) is 6.81. The van der Waals surface area contributed by atoms with Gasteiger partial charge >= 0.3 is 0 Å². The number of carbonyl (C=O) groups excluding carboxylic acids is 1. The fourth-order valence-electron chi connectivity index (χ4n) is 2.31. The van der Waals surface area contributed by atoms with E-state index in [4.69, 9.17) is 11.6 Å². The summed E-state index contributed by atoms with van der Waals surface area (Å²) in [6.07, 6.45) is 5.18. The summed E-state index contributed by atoms with van der Waals surface area (Å²) in [6, 6.07) is 5.71. The predicted molar refractivity (Wildman–Crippen MR) is 70.4 cm³/mol. The van der Waals surface area contributed by atoms with E-state index in [9.17, 15) is 9.18 Å². The van der Waals surface area contributed by atoms with Crippen LogP contribution < -0.4 is 5.32 Å². The maximum atomic E-state index is 13.0. The molecule has 1 amide bonds. The highest BCUT2D eigenvalue weighted by Gasteiger charge is 2.23. The molecule has 0 radical (unpaired) electrons. The van der Waals surface area contributed by atoms with Gasteiger partial charge in [-0.15, -0.1) is 11.6 Å². The summed E-state index contributed by atoms with van der Waals surface area (Å²) in [5.74, 6) is -0.641. The lowest BCUT2D eigenvalue weighted by Gasteiger charge is -2.21. The van der Waals surface area contributed by atoms with Gasteiger partial charge in [-0.05, 0) is 31.0 Å². The van der Waals surface area contributed by atoms with Crippen molar-refractivity contribution in [2.75, 3.05) is 0 Å². The molecular formula is C14H17ClFNO. The molecule has 0 saturated heterocycles. The lowest BCUT2D eigenvalue weighted by Crippen LogP contribution is -2.40. The van der Waals surface area contributed by atoms with E-state index in [0.29, 0.717) is 5.56 Å². The zero-order valence-corrected chi connectivity index (χ0v) is 10.9. The van der Waals surface area contributed by atoms with Gasteiger partial charge in [0.2, 0.25) is 0 Å². The van der Waals surface area contributed by atoms with Crippen LogP contribution in [-0.2, 0) is 0 Å². The number of rotatable bonds is 2. The summed E-state index contributed by atoms with van der Waals surface area (Å²) in [6.45, 7) is 0. The average molecular weight is 270 g/mol. The van der Waals surface area contributed by atoms with Crippen molar-refractivity contribution in [1.29, 1.82) is 0 Å². The lowest BCUT2D eigenvalue weighted by atomic mass is 10.1. The summed E-state index contributed by atoms with van der Waals surface area (Å²) >= 11 is 6.26. The SMILES string of the molecule is O=C(NC1CCCCCC1Cl)c1cccc(F)c1. The monoisotopic (exact) mass is 269 g/mol. The zero-order valence-electron chi connectivity index (χ0n) is 10.2. The van der Waals surface area contributed by atoms with Gasteiger partial charge < -0.3 is 5.32 Å². The first-order chi connectivity index (χ1) is 8.66. The molecule has 0 aromatic heterocycles. The normalized spacial score (nSPS) is 24.3. The van der Waals surface area contributed by atoms with Gasteiger partial charge in [0, 0.05) is 11.6 Å². The molecule has 1 fully saturated rings. The van der Waals surface area contributed by atoms with Crippen molar-refractivity contribution in [1.82, 2.24) is 5.32 Å². The van der Waals surface area contributed by atoms with Gasteiger partial charge in [-0.25, -0.2) is 4.39 Å².